The van der Waals surface area contributed by atoms with Gasteiger partial charge in [-0.2, -0.15) is 0 Å². The van der Waals surface area contributed by atoms with E-state index < -0.39 is 0 Å². The van der Waals surface area contributed by atoms with Crippen molar-refractivity contribution in [1.82, 2.24) is 5.01 Å². The van der Waals surface area contributed by atoms with Crippen LogP contribution in [0.25, 0.3) is 0 Å². The lowest BCUT2D eigenvalue weighted by Crippen LogP contribution is -2.57. The number of nitrogens with zero attached hydrogens (tertiary/aromatic N) is 1. The van der Waals surface area contributed by atoms with Gasteiger partial charge in [0.05, 0.1) is 25.5 Å². The van der Waals surface area contributed by atoms with Crippen LogP contribution in [0.1, 0.15) is 19.8 Å². The molecule has 0 saturated carbocycles. The van der Waals surface area contributed by atoms with E-state index in [9.17, 15) is 9.59 Å². The van der Waals surface area contributed by atoms with E-state index in [1.54, 1.807) is 6.92 Å². The molecule has 1 unspecified atom stereocenters. The average Bonchev–Trinajstić information content (AvgIpc) is 2.04. The summed E-state index contributed by atoms with van der Waals surface area (Å²) in [6, 6.07) is -0.156. The number of hydrogen-bond donors (Lipinski definition) is 1. The Bertz CT molecular complexity index is 205. The van der Waals surface area contributed by atoms with Crippen LogP contribution in [-0.4, -0.2) is 29.5 Å². The van der Waals surface area contributed by atoms with E-state index in [4.69, 9.17) is 10.6 Å². The normalized spacial score (nSPS) is 22.0. The lowest BCUT2D eigenvalue weighted by Gasteiger charge is -2.35. The van der Waals surface area contributed by atoms with Gasteiger partial charge < -0.3 is 4.74 Å². The molecular weight excluding hydrogens is 160 g/mol. The molecule has 0 aromatic rings. The van der Waals surface area contributed by atoms with Crippen LogP contribution in [0.2, 0.25) is 0 Å². The predicted molar refractivity (Wildman–Crippen MR) is 40.7 cm³/mol. The Balaban J connectivity index is 2.24. The van der Waals surface area contributed by atoms with Crippen molar-refractivity contribution in [3.63, 3.8) is 0 Å². The van der Waals surface area contributed by atoms with E-state index in [2.05, 4.69) is 0 Å². The number of amides is 1. The van der Waals surface area contributed by atoms with Gasteiger partial charge in [0.25, 0.3) is 0 Å². The molecule has 5 nitrogen and oxygen atoms in total. The second kappa shape index (κ2) is 3.53. The molecular formula is C7H12N2O3. The smallest absolute Gasteiger partial charge is 0.307 e. The van der Waals surface area contributed by atoms with E-state index in [1.807, 2.05) is 0 Å². The monoisotopic (exact) mass is 172 g/mol. The van der Waals surface area contributed by atoms with Crippen LogP contribution < -0.4 is 5.84 Å². The number of β-lactam (4-membered cyclic amide) rings is 1. The number of hydrogen-bond acceptors (Lipinski definition) is 4. The van der Waals surface area contributed by atoms with Gasteiger partial charge in [0.2, 0.25) is 5.91 Å². The second-order valence-corrected chi connectivity index (χ2v) is 2.67. The number of esters is 1. The Morgan fingerprint density at radius 3 is 2.92 bits per heavy atom. The standard InChI is InChI=1S/C7H12N2O3/c1-2-12-7(11)4-5-3-6(10)9(5)8/h5H,2-4,8H2,1H3. The maximum atomic E-state index is 10.9. The molecule has 12 heavy (non-hydrogen) atoms. The molecule has 5 heteroatoms. The van der Waals surface area contributed by atoms with Gasteiger partial charge in [0.1, 0.15) is 0 Å². The fraction of sp³-hybridized carbons (Fsp3) is 0.714. The molecule has 0 spiro atoms. The van der Waals surface area contributed by atoms with Gasteiger partial charge in [0.15, 0.2) is 0 Å². The fourth-order valence-electron chi connectivity index (χ4n) is 1.08. The maximum absolute atomic E-state index is 10.9. The number of ether oxygens (including phenoxy) is 1. The van der Waals surface area contributed by atoms with Gasteiger partial charge in [-0.3, -0.25) is 14.6 Å². The number of nitrogens with two attached hydrogens (primary N) is 1. The zero-order valence-corrected chi connectivity index (χ0v) is 6.95. The lowest BCUT2D eigenvalue weighted by molar-refractivity contribution is -0.153. The van der Waals surface area contributed by atoms with Crippen LogP contribution in [0, 0.1) is 0 Å². The van der Waals surface area contributed by atoms with Gasteiger partial charge >= 0.3 is 5.97 Å². The van der Waals surface area contributed by atoms with Crippen LogP contribution in [0.5, 0.6) is 0 Å². The zero-order chi connectivity index (χ0) is 9.14. The predicted octanol–water partition coefficient (Wildman–Crippen LogP) is -0.586. The van der Waals surface area contributed by atoms with Crippen LogP contribution in [0.15, 0.2) is 0 Å². The molecule has 1 amide bonds. The molecule has 1 rings (SSSR count). The molecule has 0 aliphatic carbocycles. The van der Waals surface area contributed by atoms with Crippen LogP contribution in [-0.2, 0) is 14.3 Å². The van der Waals surface area contributed by atoms with Crippen LogP contribution in [0.3, 0.4) is 0 Å². The second-order valence-electron chi connectivity index (χ2n) is 2.67. The fourth-order valence-corrected chi connectivity index (χ4v) is 1.08. The van der Waals surface area contributed by atoms with Crippen molar-refractivity contribution < 1.29 is 14.3 Å². The van der Waals surface area contributed by atoms with Crippen molar-refractivity contribution >= 4 is 11.9 Å². The van der Waals surface area contributed by atoms with Crippen LogP contribution in [0.4, 0.5) is 0 Å². The lowest BCUT2D eigenvalue weighted by atomic mass is 10.0. The van der Waals surface area contributed by atoms with Crippen molar-refractivity contribution in [3.05, 3.63) is 0 Å². The summed E-state index contributed by atoms with van der Waals surface area (Å²) < 4.78 is 4.70. The first-order valence-electron chi connectivity index (χ1n) is 3.87. The van der Waals surface area contributed by atoms with Crippen molar-refractivity contribution in [2.75, 3.05) is 6.61 Å². The Morgan fingerprint density at radius 2 is 2.50 bits per heavy atom. The summed E-state index contributed by atoms with van der Waals surface area (Å²) in [5.41, 5.74) is 0. The first-order chi connectivity index (χ1) is 5.65. The third kappa shape index (κ3) is 1.73. The summed E-state index contributed by atoms with van der Waals surface area (Å²) in [7, 11) is 0. The molecule has 1 fully saturated rings. The maximum Gasteiger partial charge on any atom is 0.307 e. The summed E-state index contributed by atoms with van der Waals surface area (Å²) in [6.45, 7) is 2.11. The summed E-state index contributed by atoms with van der Waals surface area (Å²) in [5, 5.41) is 1.08. The van der Waals surface area contributed by atoms with E-state index >= 15 is 0 Å². The van der Waals surface area contributed by atoms with E-state index in [1.165, 1.54) is 0 Å². The Morgan fingerprint density at radius 1 is 1.83 bits per heavy atom. The summed E-state index contributed by atoms with van der Waals surface area (Å²) in [5.74, 6) is 4.87. The topological polar surface area (TPSA) is 72.6 Å². The third-order valence-electron chi connectivity index (χ3n) is 1.80. The summed E-state index contributed by atoms with van der Waals surface area (Å²) in [6.07, 6.45) is 0.561. The highest BCUT2D eigenvalue weighted by Gasteiger charge is 2.35. The van der Waals surface area contributed by atoms with Gasteiger partial charge in [-0.25, -0.2) is 5.84 Å². The largest absolute Gasteiger partial charge is 0.466 e. The van der Waals surface area contributed by atoms with E-state index in [0.29, 0.717) is 13.0 Å². The highest BCUT2D eigenvalue weighted by Crippen LogP contribution is 2.17. The number of carbonyl (C=O) groups excluding carboxylic acids is 2. The summed E-state index contributed by atoms with van der Waals surface area (Å²) >= 11 is 0. The number of rotatable bonds is 3. The van der Waals surface area contributed by atoms with Gasteiger partial charge in [-0.1, -0.05) is 0 Å². The Kier molecular flexibility index (Phi) is 2.65. The first kappa shape index (κ1) is 8.99. The molecule has 1 atom stereocenters. The molecule has 1 aliphatic rings. The molecule has 0 bridgehead atoms. The molecule has 68 valence electrons. The average molecular weight is 172 g/mol. The Labute approximate surface area is 70.4 Å². The molecule has 0 aromatic carbocycles. The first-order valence-corrected chi connectivity index (χ1v) is 3.87. The third-order valence-corrected chi connectivity index (χ3v) is 1.80. The van der Waals surface area contributed by atoms with Gasteiger partial charge in [-0.15, -0.1) is 0 Å². The van der Waals surface area contributed by atoms with Crippen molar-refractivity contribution in [3.8, 4) is 0 Å². The molecule has 2 N–H and O–H groups in total. The highest BCUT2D eigenvalue weighted by molar-refractivity contribution is 5.84. The quantitative estimate of drug-likeness (QED) is 0.267. The zero-order valence-electron chi connectivity index (χ0n) is 6.95. The molecule has 1 heterocycles. The molecule has 0 aromatic heterocycles. The summed E-state index contributed by atoms with van der Waals surface area (Å²) in [4.78, 5) is 21.5. The number of hydrazine groups is 1. The number of carbonyl (C=O) groups is 2. The van der Waals surface area contributed by atoms with E-state index in [0.717, 1.165) is 5.01 Å². The minimum absolute atomic E-state index is 0.121. The van der Waals surface area contributed by atoms with Crippen molar-refractivity contribution in [2.45, 2.75) is 25.8 Å². The minimum atomic E-state index is -0.301. The molecule has 1 saturated heterocycles. The van der Waals surface area contributed by atoms with E-state index in [-0.39, 0.29) is 24.3 Å². The highest BCUT2D eigenvalue weighted by atomic mass is 16.5. The molecule has 0 radical (unpaired) electrons. The minimum Gasteiger partial charge on any atom is -0.466 e. The van der Waals surface area contributed by atoms with Crippen LogP contribution >= 0.6 is 0 Å². The van der Waals surface area contributed by atoms with Crippen molar-refractivity contribution in [1.29, 1.82) is 0 Å². The SMILES string of the molecule is CCOC(=O)CC1CC(=O)N1N. The van der Waals surface area contributed by atoms with Crippen molar-refractivity contribution in [2.24, 2.45) is 5.84 Å². The Hall–Kier alpha value is -1.10. The van der Waals surface area contributed by atoms with Gasteiger partial charge in [0, 0.05) is 0 Å². The molecule has 1 aliphatic heterocycles. The van der Waals surface area contributed by atoms with Gasteiger partial charge in [-0.05, 0) is 6.92 Å².